The van der Waals surface area contributed by atoms with Crippen molar-refractivity contribution >= 4 is 28.9 Å². The van der Waals surface area contributed by atoms with Gasteiger partial charge in [0.15, 0.2) is 0 Å². The van der Waals surface area contributed by atoms with E-state index in [1.165, 1.54) is 30.5 Å². The number of nitrogens with zero attached hydrogens (tertiary/aromatic N) is 2. The smallest absolute Gasteiger partial charge is 0.106 e. The monoisotopic (exact) mass is 324 g/mol. The Hall–Kier alpha value is -0.770. The Morgan fingerprint density at radius 1 is 1.24 bits per heavy atom. The van der Waals surface area contributed by atoms with Gasteiger partial charge in [-0.25, -0.2) is 0 Å². The molecule has 3 fully saturated rings. The van der Waals surface area contributed by atoms with Gasteiger partial charge < -0.3 is 4.84 Å². The van der Waals surface area contributed by atoms with Gasteiger partial charge in [0.1, 0.15) is 7.11 Å². The second-order valence-electron chi connectivity index (χ2n) is 6.28. The molecule has 3 heterocycles. The Morgan fingerprint density at radius 2 is 2.10 bits per heavy atom. The molecule has 5 heteroatoms. The minimum Gasteiger partial charge on any atom is -0.399 e. The average Bonchev–Trinajstić information content (AvgIpc) is 2.88. The highest BCUT2D eigenvalue weighted by atomic mass is 35.5. The van der Waals surface area contributed by atoms with Crippen LogP contribution >= 0.6 is 23.2 Å². The zero-order valence-electron chi connectivity index (χ0n) is 11.9. The normalized spacial score (nSPS) is 39.0. The maximum atomic E-state index is 6.22. The number of oxime groups is 1. The topological polar surface area (TPSA) is 24.8 Å². The molecule has 4 rings (SSSR count). The lowest BCUT2D eigenvalue weighted by Crippen LogP contribution is -2.40. The molecule has 3 aliphatic heterocycles. The molecule has 5 atom stereocenters. The van der Waals surface area contributed by atoms with E-state index in [-0.39, 0.29) is 0 Å². The zero-order chi connectivity index (χ0) is 14.6. The van der Waals surface area contributed by atoms with Crippen LogP contribution in [-0.2, 0) is 4.84 Å². The number of hydrogen-bond acceptors (Lipinski definition) is 3. The lowest BCUT2D eigenvalue weighted by atomic mass is 9.77. The standard InChI is InChI=1S/C16H18Cl2N2O/c1-21-19-14-8-20-10-3-5-15(20)16(14)11(7-10)9-2-4-12(17)13(18)6-9/h2,4,6,10-11,15-16H,3,5,7-8H2,1H3/b19-14-/t10-,11+,15+,16+/m0/s1. The fourth-order valence-corrected chi connectivity index (χ4v) is 4.91. The minimum atomic E-state index is 0.459. The molecule has 0 radical (unpaired) electrons. The summed E-state index contributed by atoms with van der Waals surface area (Å²) < 4.78 is 0. The van der Waals surface area contributed by atoms with Crippen LogP contribution in [0.1, 0.15) is 30.7 Å². The summed E-state index contributed by atoms with van der Waals surface area (Å²) in [4.78, 5) is 7.70. The molecule has 0 spiro atoms. The summed E-state index contributed by atoms with van der Waals surface area (Å²) in [6.07, 6.45) is 3.76. The fraction of sp³-hybridized carbons (Fsp3) is 0.562. The second-order valence-corrected chi connectivity index (χ2v) is 7.09. The molecule has 3 nitrogen and oxygen atoms in total. The molecule has 0 amide bonds. The lowest BCUT2D eigenvalue weighted by molar-refractivity contribution is 0.154. The van der Waals surface area contributed by atoms with Crippen molar-refractivity contribution in [3.8, 4) is 0 Å². The van der Waals surface area contributed by atoms with Crippen molar-refractivity contribution in [1.82, 2.24) is 4.90 Å². The molecule has 1 aromatic carbocycles. The molecular weight excluding hydrogens is 307 g/mol. The molecule has 1 unspecified atom stereocenters. The van der Waals surface area contributed by atoms with Crippen LogP contribution in [0.4, 0.5) is 0 Å². The Kier molecular flexibility index (Phi) is 3.40. The number of benzene rings is 1. The molecule has 0 saturated carbocycles. The highest BCUT2D eigenvalue weighted by molar-refractivity contribution is 6.42. The summed E-state index contributed by atoms with van der Waals surface area (Å²) in [6.45, 7) is 0.964. The summed E-state index contributed by atoms with van der Waals surface area (Å²) in [7, 11) is 1.64. The first-order valence-electron chi connectivity index (χ1n) is 7.49. The summed E-state index contributed by atoms with van der Waals surface area (Å²) in [5.41, 5.74) is 2.48. The highest BCUT2D eigenvalue weighted by Crippen LogP contribution is 2.51. The van der Waals surface area contributed by atoms with Gasteiger partial charge in [-0.1, -0.05) is 34.4 Å². The summed E-state index contributed by atoms with van der Waals surface area (Å²) >= 11 is 12.3. The largest absolute Gasteiger partial charge is 0.399 e. The number of rotatable bonds is 2. The van der Waals surface area contributed by atoms with Crippen LogP contribution in [0.15, 0.2) is 23.4 Å². The molecule has 112 valence electrons. The second kappa shape index (κ2) is 5.15. The molecular formula is C16H18Cl2N2O. The van der Waals surface area contributed by atoms with Crippen molar-refractivity contribution in [2.24, 2.45) is 11.1 Å². The SMILES string of the molecule is CO/N=C1/CN2[C@H]3CC[C@@H]2[C@@H]1[C@@H](c1ccc(Cl)c(Cl)c1)C3. The van der Waals surface area contributed by atoms with E-state index in [9.17, 15) is 0 Å². The van der Waals surface area contributed by atoms with Crippen molar-refractivity contribution in [1.29, 1.82) is 0 Å². The Morgan fingerprint density at radius 3 is 2.86 bits per heavy atom. The van der Waals surface area contributed by atoms with E-state index in [0.717, 1.165) is 6.54 Å². The third-order valence-corrected chi connectivity index (χ3v) is 6.11. The van der Waals surface area contributed by atoms with Crippen molar-refractivity contribution in [3.63, 3.8) is 0 Å². The van der Waals surface area contributed by atoms with E-state index in [0.29, 0.717) is 34.0 Å². The summed E-state index contributed by atoms with van der Waals surface area (Å²) in [5.74, 6) is 0.936. The van der Waals surface area contributed by atoms with E-state index >= 15 is 0 Å². The number of halogens is 2. The Balaban J connectivity index is 1.74. The first-order valence-corrected chi connectivity index (χ1v) is 8.25. The Labute approximate surface area is 134 Å². The van der Waals surface area contributed by atoms with E-state index < -0.39 is 0 Å². The average molecular weight is 325 g/mol. The summed E-state index contributed by atoms with van der Waals surface area (Å²) in [6, 6.07) is 7.37. The van der Waals surface area contributed by atoms with Crippen LogP contribution < -0.4 is 0 Å². The van der Waals surface area contributed by atoms with Crippen molar-refractivity contribution in [3.05, 3.63) is 33.8 Å². The van der Waals surface area contributed by atoms with Gasteiger partial charge in [-0.15, -0.1) is 0 Å². The number of piperidine rings is 1. The van der Waals surface area contributed by atoms with Gasteiger partial charge in [-0.3, -0.25) is 4.90 Å². The Bertz CT molecular complexity index is 604. The van der Waals surface area contributed by atoms with Gasteiger partial charge in [0.2, 0.25) is 0 Å². The predicted molar refractivity (Wildman–Crippen MR) is 85.3 cm³/mol. The van der Waals surface area contributed by atoms with Gasteiger partial charge in [-0.05, 0) is 42.9 Å². The maximum Gasteiger partial charge on any atom is 0.106 e. The van der Waals surface area contributed by atoms with E-state index in [4.69, 9.17) is 28.0 Å². The third kappa shape index (κ3) is 2.09. The number of hydrogen-bond donors (Lipinski definition) is 0. The van der Waals surface area contributed by atoms with E-state index in [1.54, 1.807) is 7.11 Å². The first-order chi connectivity index (χ1) is 10.2. The molecule has 0 N–H and O–H groups in total. The van der Waals surface area contributed by atoms with Crippen LogP contribution in [0.5, 0.6) is 0 Å². The van der Waals surface area contributed by atoms with E-state index in [2.05, 4.69) is 16.1 Å². The molecule has 1 aromatic rings. The molecule has 3 aliphatic rings. The third-order valence-electron chi connectivity index (χ3n) is 5.37. The minimum absolute atomic E-state index is 0.459. The van der Waals surface area contributed by atoms with Crippen LogP contribution in [-0.4, -0.2) is 36.3 Å². The van der Waals surface area contributed by atoms with Crippen LogP contribution in [0, 0.1) is 5.92 Å². The van der Waals surface area contributed by atoms with Gasteiger partial charge in [0.05, 0.1) is 15.8 Å². The molecule has 4 bridgehead atoms. The predicted octanol–water partition coefficient (Wildman–Crippen LogP) is 3.95. The van der Waals surface area contributed by atoms with Crippen molar-refractivity contribution < 1.29 is 4.84 Å². The molecule has 21 heavy (non-hydrogen) atoms. The van der Waals surface area contributed by atoms with Crippen molar-refractivity contribution in [2.45, 2.75) is 37.3 Å². The zero-order valence-corrected chi connectivity index (χ0v) is 13.4. The summed E-state index contributed by atoms with van der Waals surface area (Å²) in [5, 5.41) is 5.59. The van der Waals surface area contributed by atoms with Crippen LogP contribution in [0.2, 0.25) is 10.0 Å². The maximum absolute atomic E-state index is 6.22. The molecule has 0 aromatic heterocycles. The fourth-order valence-electron chi connectivity index (χ4n) is 4.60. The molecule has 0 aliphatic carbocycles. The van der Waals surface area contributed by atoms with Crippen LogP contribution in [0.25, 0.3) is 0 Å². The van der Waals surface area contributed by atoms with Gasteiger partial charge >= 0.3 is 0 Å². The van der Waals surface area contributed by atoms with Crippen LogP contribution in [0.3, 0.4) is 0 Å². The van der Waals surface area contributed by atoms with Gasteiger partial charge in [-0.2, -0.15) is 0 Å². The van der Waals surface area contributed by atoms with E-state index in [1.807, 2.05) is 12.1 Å². The van der Waals surface area contributed by atoms with Gasteiger partial charge in [0.25, 0.3) is 0 Å². The quantitative estimate of drug-likeness (QED) is 0.769. The lowest BCUT2D eigenvalue weighted by Gasteiger charge is -2.36. The van der Waals surface area contributed by atoms with Crippen molar-refractivity contribution in [2.75, 3.05) is 13.7 Å². The highest BCUT2D eigenvalue weighted by Gasteiger charge is 2.54. The first kappa shape index (κ1) is 13.9. The van der Waals surface area contributed by atoms with Gasteiger partial charge in [0, 0.05) is 24.5 Å². The molecule has 3 saturated heterocycles.